The molecule has 4 aliphatic heterocycles. The van der Waals surface area contributed by atoms with Crippen LogP contribution in [0.4, 0.5) is 22.8 Å². The maximum Gasteiger partial charge on any atom is 0.490 e. The Hall–Kier alpha value is -5.60. The van der Waals surface area contributed by atoms with Crippen LogP contribution in [0.25, 0.3) is 0 Å². The third-order valence-electron chi connectivity index (χ3n) is 16.3. The molecule has 0 radical (unpaired) electrons. The minimum absolute atomic E-state index is 0.0942. The first-order valence-corrected chi connectivity index (χ1v) is 25.8. The van der Waals surface area contributed by atoms with Crippen molar-refractivity contribution in [3.05, 3.63) is 130 Å². The fourth-order valence-electron chi connectivity index (χ4n) is 12.6. The van der Waals surface area contributed by atoms with Gasteiger partial charge in [-0.1, -0.05) is 72.8 Å². The molecule has 4 heterocycles. The second-order valence-electron chi connectivity index (χ2n) is 20.7. The van der Waals surface area contributed by atoms with Gasteiger partial charge in [-0.15, -0.1) is 0 Å². The van der Waals surface area contributed by atoms with E-state index in [0.29, 0.717) is 24.2 Å². The monoisotopic (exact) mass is 963 g/mol. The Morgan fingerprint density at radius 1 is 0.543 bits per heavy atom. The zero-order chi connectivity index (χ0) is 48.9. The quantitative estimate of drug-likeness (QED) is 0.0849. The molecule has 2 saturated heterocycles. The Bertz CT molecular complexity index is 2200. The van der Waals surface area contributed by atoms with E-state index in [1.165, 1.54) is 77.3 Å². The van der Waals surface area contributed by atoms with Gasteiger partial charge in [-0.05, 0) is 186 Å². The lowest BCUT2D eigenvalue weighted by Gasteiger charge is -2.31. The average Bonchev–Trinajstić information content (AvgIpc) is 4.12. The molecule has 14 heteroatoms. The third kappa shape index (κ3) is 11.6. The number of rotatable bonds is 14. The highest BCUT2D eigenvalue weighted by atomic mass is 19.4. The molecule has 0 spiro atoms. The molecule has 4 aromatic carbocycles. The zero-order valence-electron chi connectivity index (χ0n) is 40.4. The van der Waals surface area contributed by atoms with Crippen molar-refractivity contribution in [1.29, 1.82) is 0 Å². The van der Waals surface area contributed by atoms with Gasteiger partial charge in [0.25, 0.3) is 0 Å². The highest BCUT2D eigenvalue weighted by Gasteiger charge is 2.45. The molecule has 2 aliphatic carbocycles. The van der Waals surface area contributed by atoms with Gasteiger partial charge in [0.05, 0.1) is 12.1 Å². The summed E-state index contributed by atoms with van der Waals surface area (Å²) in [5.74, 6) is 0.200. The van der Waals surface area contributed by atoms with E-state index in [-0.39, 0.29) is 36.2 Å². The lowest BCUT2D eigenvalue weighted by molar-refractivity contribution is -0.192. The van der Waals surface area contributed by atoms with E-state index in [1.807, 2.05) is 62.4 Å². The zero-order valence-corrected chi connectivity index (χ0v) is 40.4. The van der Waals surface area contributed by atoms with Crippen molar-refractivity contribution >= 4 is 18.0 Å². The standard InChI is InChI=1S/C54H68N6O3.C2HF3O2/c1-35(55-53(61)57-41-19-11-37(12-20-41)31-33-59-49-27-28-50(59)46-8-4-3-7-45(46)49)39-15-23-43(24-16-39)63-44-25-17-40(18-26-44)36(2)56-54(62)58-42-21-13-38(14-22-42)32-34-60-51-29-30-52(60)48-10-6-5-9-47(48)51;3-2(4,5)1(6)7/h3-10,15-18,23-26,35-38,41-42,49-52H,11-14,19-22,27-34H2,1-2H3,(H2,55,57,61)(H2,56,58,62);(H,6,7)/t35?,36?,37?,38?,41?,42?,49-,50+,51-,52?;/m1./s1. The average molecular weight is 963 g/mol. The van der Waals surface area contributed by atoms with Crippen LogP contribution in [0, 0.1) is 11.8 Å². The first kappa shape index (κ1) is 49.4. The van der Waals surface area contributed by atoms with Crippen LogP contribution in [0.2, 0.25) is 0 Å². The summed E-state index contributed by atoms with van der Waals surface area (Å²) in [5.41, 5.74) is 8.32. The number of urea groups is 2. The van der Waals surface area contributed by atoms with E-state index in [2.05, 4.69) is 79.6 Å². The van der Waals surface area contributed by atoms with Crippen LogP contribution in [0.1, 0.15) is 173 Å². The summed E-state index contributed by atoms with van der Waals surface area (Å²) in [6, 6.07) is 36.5. The molecular formula is C56H69F3N6O5. The summed E-state index contributed by atoms with van der Waals surface area (Å²) in [6.07, 6.45) is 11.6. The summed E-state index contributed by atoms with van der Waals surface area (Å²) in [4.78, 5) is 40.5. The number of carboxylic acid groups (broad SMARTS) is 1. The van der Waals surface area contributed by atoms with E-state index in [0.717, 1.165) is 60.1 Å². The van der Waals surface area contributed by atoms with E-state index < -0.39 is 12.1 Å². The van der Waals surface area contributed by atoms with Gasteiger partial charge in [0.15, 0.2) is 0 Å². The van der Waals surface area contributed by atoms with Gasteiger partial charge in [0.2, 0.25) is 0 Å². The van der Waals surface area contributed by atoms with Crippen molar-refractivity contribution in [2.24, 2.45) is 11.8 Å². The number of alkyl halides is 3. The predicted molar refractivity (Wildman–Crippen MR) is 263 cm³/mol. The lowest BCUT2D eigenvalue weighted by Crippen LogP contribution is -2.44. The molecule has 6 atom stereocenters. The first-order valence-electron chi connectivity index (χ1n) is 25.8. The molecule has 6 aliphatic rings. The van der Waals surface area contributed by atoms with E-state index in [4.69, 9.17) is 14.6 Å². The summed E-state index contributed by atoms with van der Waals surface area (Å²) in [5, 5.41) is 20.0. The molecule has 3 unspecified atom stereocenters. The number of aliphatic carboxylic acids is 1. The van der Waals surface area contributed by atoms with Crippen molar-refractivity contribution in [2.75, 3.05) is 13.1 Å². The normalized spacial score (nSPS) is 26.5. The highest BCUT2D eigenvalue weighted by Crippen LogP contribution is 2.54. The third-order valence-corrected chi connectivity index (χ3v) is 16.3. The molecule has 2 saturated carbocycles. The van der Waals surface area contributed by atoms with Crippen molar-refractivity contribution in [3.8, 4) is 11.5 Å². The second kappa shape index (κ2) is 21.8. The van der Waals surface area contributed by atoms with Gasteiger partial charge in [0, 0.05) is 36.3 Å². The van der Waals surface area contributed by atoms with Crippen LogP contribution < -0.4 is 26.0 Å². The summed E-state index contributed by atoms with van der Waals surface area (Å²) >= 11 is 0. The van der Waals surface area contributed by atoms with E-state index in [1.54, 1.807) is 22.3 Å². The molecule has 374 valence electrons. The minimum atomic E-state index is -5.08. The first-order chi connectivity index (χ1) is 33.8. The smallest absolute Gasteiger partial charge is 0.475 e. The molecule has 5 N–H and O–H groups in total. The Kier molecular flexibility index (Phi) is 15.4. The number of hydrogen-bond donors (Lipinski definition) is 5. The number of carbonyl (C=O) groups excluding carboxylic acids is 2. The molecule has 0 aromatic heterocycles. The van der Waals surface area contributed by atoms with Gasteiger partial charge in [-0.3, -0.25) is 9.80 Å². The van der Waals surface area contributed by atoms with E-state index in [9.17, 15) is 22.8 Å². The van der Waals surface area contributed by atoms with Crippen LogP contribution in [0.3, 0.4) is 0 Å². The van der Waals surface area contributed by atoms with E-state index >= 15 is 0 Å². The largest absolute Gasteiger partial charge is 0.490 e. The van der Waals surface area contributed by atoms with Crippen LogP contribution in [0.5, 0.6) is 11.5 Å². The molecule has 4 fully saturated rings. The lowest BCUT2D eigenvalue weighted by atomic mass is 9.84. The van der Waals surface area contributed by atoms with Gasteiger partial charge in [-0.2, -0.15) is 13.2 Å². The predicted octanol–water partition coefficient (Wildman–Crippen LogP) is 12.5. The van der Waals surface area contributed by atoms with Crippen LogP contribution in [0.15, 0.2) is 97.1 Å². The number of nitrogens with zero attached hydrogens (tertiary/aromatic N) is 2. The van der Waals surface area contributed by atoms with Gasteiger partial charge in [0.1, 0.15) is 11.5 Å². The number of halogens is 3. The Labute approximate surface area is 410 Å². The van der Waals surface area contributed by atoms with Gasteiger partial charge < -0.3 is 31.1 Å². The molecule has 4 amide bonds. The van der Waals surface area contributed by atoms with Crippen LogP contribution >= 0.6 is 0 Å². The topological polar surface area (TPSA) is 135 Å². The summed E-state index contributed by atoms with van der Waals surface area (Å²) in [7, 11) is 0. The Morgan fingerprint density at radius 2 is 0.857 bits per heavy atom. The van der Waals surface area contributed by atoms with Crippen LogP contribution in [-0.2, 0) is 4.79 Å². The summed E-state index contributed by atoms with van der Waals surface area (Å²) in [6.45, 7) is 6.43. The number of fused-ring (bicyclic) bond motifs is 10. The Balaban J connectivity index is 0.000000810. The number of benzene rings is 4. The molecule has 11 nitrogen and oxygen atoms in total. The number of carbonyl (C=O) groups is 3. The van der Waals surface area contributed by atoms with Crippen molar-refractivity contribution in [2.45, 2.75) is 158 Å². The van der Waals surface area contributed by atoms with Crippen molar-refractivity contribution in [3.63, 3.8) is 0 Å². The molecule has 4 aromatic rings. The fraction of sp³-hybridized carbons (Fsp3) is 0.518. The number of ether oxygens (including phenoxy) is 1. The molecule has 70 heavy (non-hydrogen) atoms. The Morgan fingerprint density at radius 3 is 1.16 bits per heavy atom. The number of nitrogens with one attached hydrogen (secondary N) is 4. The highest BCUT2D eigenvalue weighted by molar-refractivity contribution is 5.75. The van der Waals surface area contributed by atoms with Gasteiger partial charge >= 0.3 is 24.2 Å². The molecule has 10 rings (SSSR count). The molecule has 4 bridgehead atoms. The number of amides is 4. The molecular weight excluding hydrogens is 894 g/mol. The summed E-state index contributed by atoms with van der Waals surface area (Å²) < 4.78 is 37.9. The number of hydrogen-bond acceptors (Lipinski definition) is 6. The van der Waals surface area contributed by atoms with Crippen molar-refractivity contribution < 1.29 is 37.4 Å². The fourth-order valence-corrected chi connectivity index (χ4v) is 12.6. The van der Waals surface area contributed by atoms with Crippen molar-refractivity contribution in [1.82, 2.24) is 31.1 Å². The number of carboxylic acids is 1. The maximum atomic E-state index is 13.0. The SMILES string of the molecule is CC(NC(=O)NC1CCC(CCN2C3CC[C@@H]2c2ccccc23)CC1)c1ccc(Oc2ccc(C(C)NC(=O)NC3CCC(CCN4[C@@H]5CC[C@H]4c4ccccc45)CC3)cc2)cc1.O=C(O)C(F)(F)F. The van der Waals surface area contributed by atoms with Crippen LogP contribution in [-0.4, -0.2) is 64.3 Å². The maximum absolute atomic E-state index is 13.0. The minimum Gasteiger partial charge on any atom is -0.475 e. The van der Waals surface area contributed by atoms with Gasteiger partial charge in [-0.25, -0.2) is 14.4 Å². The second-order valence-corrected chi connectivity index (χ2v) is 20.7.